The van der Waals surface area contributed by atoms with Gasteiger partial charge in [-0.05, 0) is 0 Å². The second kappa shape index (κ2) is 6.77. The van der Waals surface area contributed by atoms with E-state index in [1.165, 1.54) is 0 Å². The zero-order valence-electron chi connectivity index (χ0n) is 13.9. The number of nitrogens with zero attached hydrogens (tertiary/aromatic N) is 3. The summed E-state index contributed by atoms with van der Waals surface area (Å²) in [5.74, 6) is 0.250. The van der Waals surface area contributed by atoms with Crippen LogP contribution in [0.3, 0.4) is 0 Å². The molecule has 0 unspecified atom stereocenters. The highest BCUT2D eigenvalue weighted by Crippen LogP contribution is 2.24. The number of amides is 2. The van der Waals surface area contributed by atoms with E-state index in [0.717, 1.165) is 10.7 Å². The molecule has 1 aliphatic heterocycles. The highest BCUT2D eigenvalue weighted by Gasteiger charge is 2.23. The van der Waals surface area contributed by atoms with Crippen LogP contribution in [0.2, 0.25) is 0 Å². The smallest absolute Gasteiger partial charge is 0.223 e. The first-order valence-corrected chi connectivity index (χ1v) is 8.63. The summed E-state index contributed by atoms with van der Waals surface area (Å²) in [5, 5.41) is 3.12. The van der Waals surface area contributed by atoms with Crippen LogP contribution in [0.15, 0.2) is 5.38 Å². The van der Waals surface area contributed by atoms with Gasteiger partial charge in [0.05, 0.1) is 10.7 Å². The highest BCUT2D eigenvalue weighted by molar-refractivity contribution is 7.09. The maximum Gasteiger partial charge on any atom is 0.223 e. The molecule has 0 spiro atoms. The first-order chi connectivity index (χ1) is 10.3. The van der Waals surface area contributed by atoms with Crippen LogP contribution in [0.25, 0.3) is 0 Å². The average molecular weight is 323 g/mol. The summed E-state index contributed by atoms with van der Waals surface area (Å²) in [6.07, 6.45) is 1.20. The van der Waals surface area contributed by atoms with Crippen LogP contribution in [-0.2, 0) is 21.4 Å². The van der Waals surface area contributed by atoms with Crippen molar-refractivity contribution in [3.8, 4) is 0 Å². The minimum Gasteiger partial charge on any atom is -0.339 e. The van der Waals surface area contributed by atoms with E-state index in [0.29, 0.717) is 39.0 Å². The van der Waals surface area contributed by atoms with Crippen molar-refractivity contribution in [3.63, 3.8) is 0 Å². The van der Waals surface area contributed by atoms with Gasteiger partial charge in [0, 0.05) is 56.7 Å². The van der Waals surface area contributed by atoms with Crippen LogP contribution >= 0.6 is 11.3 Å². The van der Waals surface area contributed by atoms with Crippen molar-refractivity contribution >= 4 is 23.2 Å². The molecule has 5 nitrogen and oxygen atoms in total. The van der Waals surface area contributed by atoms with Gasteiger partial charge in [-0.3, -0.25) is 9.59 Å². The van der Waals surface area contributed by atoms with Gasteiger partial charge in [0.25, 0.3) is 0 Å². The molecule has 1 aliphatic rings. The van der Waals surface area contributed by atoms with E-state index in [2.05, 4.69) is 31.1 Å². The van der Waals surface area contributed by atoms with E-state index in [1.54, 1.807) is 23.2 Å². The summed E-state index contributed by atoms with van der Waals surface area (Å²) in [5.41, 5.74) is 1.15. The van der Waals surface area contributed by atoms with Gasteiger partial charge in [-0.2, -0.15) is 0 Å². The maximum absolute atomic E-state index is 12.3. The number of hydrogen-bond acceptors (Lipinski definition) is 4. The van der Waals surface area contributed by atoms with Gasteiger partial charge in [-0.25, -0.2) is 4.98 Å². The maximum atomic E-state index is 12.3. The Hall–Kier alpha value is -1.43. The molecular formula is C16H25N3O2S. The second-order valence-electron chi connectivity index (χ2n) is 6.76. The number of carbonyl (C=O) groups is 2. The van der Waals surface area contributed by atoms with Gasteiger partial charge in [-0.15, -0.1) is 11.3 Å². The molecule has 1 saturated heterocycles. The summed E-state index contributed by atoms with van der Waals surface area (Å²) in [6, 6.07) is 0. The Bertz CT molecular complexity index is 540. The van der Waals surface area contributed by atoms with E-state index in [9.17, 15) is 9.59 Å². The zero-order valence-corrected chi connectivity index (χ0v) is 14.7. The molecule has 0 radical (unpaired) electrons. The normalized spacial score (nSPS) is 16.0. The van der Waals surface area contributed by atoms with Crippen molar-refractivity contribution in [2.45, 2.75) is 46.0 Å². The van der Waals surface area contributed by atoms with Gasteiger partial charge < -0.3 is 9.80 Å². The molecule has 0 saturated carbocycles. The van der Waals surface area contributed by atoms with Gasteiger partial charge in [-0.1, -0.05) is 20.8 Å². The van der Waals surface area contributed by atoms with Crippen LogP contribution in [0.5, 0.6) is 0 Å². The van der Waals surface area contributed by atoms with Crippen LogP contribution in [0.4, 0.5) is 0 Å². The number of aromatic nitrogens is 1. The van der Waals surface area contributed by atoms with Crippen molar-refractivity contribution in [2.24, 2.45) is 0 Å². The molecule has 0 N–H and O–H groups in total. The van der Waals surface area contributed by atoms with E-state index < -0.39 is 0 Å². The fourth-order valence-electron chi connectivity index (χ4n) is 2.41. The lowest BCUT2D eigenvalue weighted by Gasteiger charge is -2.34. The Labute approximate surface area is 136 Å². The fraction of sp³-hybridized carbons (Fsp3) is 0.688. The largest absolute Gasteiger partial charge is 0.339 e. The van der Waals surface area contributed by atoms with Crippen molar-refractivity contribution in [3.05, 3.63) is 16.1 Å². The molecule has 122 valence electrons. The lowest BCUT2D eigenvalue weighted by Crippen LogP contribution is -2.50. The zero-order chi connectivity index (χ0) is 16.3. The van der Waals surface area contributed by atoms with Crippen molar-refractivity contribution < 1.29 is 9.59 Å². The summed E-state index contributed by atoms with van der Waals surface area (Å²) >= 11 is 1.63. The number of thiazole rings is 1. The Morgan fingerprint density at radius 2 is 1.77 bits per heavy atom. The molecule has 1 aromatic heterocycles. The lowest BCUT2D eigenvalue weighted by molar-refractivity contribution is -0.138. The summed E-state index contributed by atoms with van der Waals surface area (Å²) < 4.78 is 0. The molecule has 0 atom stereocenters. The summed E-state index contributed by atoms with van der Waals surface area (Å²) in [6.45, 7) is 10.6. The Kier molecular flexibility index (Phi) is 5.21. The highest BCUT2D eigenvalue weighted by atomic mass is 32.1. The Balaban J connectivity index is 1.81. The third kappa shape index (κ3) is 4.29. The quantitative estimate of drug-likeness (QED) is 0.855. The van der Waals surface area contributed by atoms with Crippen LogP contribution < -0.4 is 0 Å². The van der Waals surface area contributed by atoms with Gasteiger partial charge >= 0.3 is 0 Å². The summed E-state index contributed by atoms with van der Waals surface area (Å²) in [7, 11) is 0. The molecule has 2 amide bonds. The fourth-order valence-corrected chi connectivity index (χ4v) is 3.44. The molecule has 2 heterocycles. The van der Waals surface area contributed by atoms with E-state index in [1.807, 2.05) is 4.90 Å². The third-order valence-electron chi connectivity index (χ3n) is 3.95. The van der Waals surface area contributed by atoms with Crippen molar-refractivity contribution in [2.75, 3.05) is 26.2 Å². The predicted octanol–water partition coefficient (Wildman–Crippen LogP) is 2.06. The summed E-state index contributed by atoms with van der Waals surface area (Å²) in [4.78, 5) is 31.8. The number of aryl methyl sites for hydroxylation is 1. The van der Waals surface area contributed by atoms with Gasteiger partial charge in [0.15, 0.2) is 0 Å². The minimum atomic E-state index is 0.0573. The number of piperazine rings is 1. The predicted molar refractivity (Wildman–Crippen MR) is 88.0 cm³/mol. The molecule has 1 aromatic rings. The van der Waals surface area contributed by atoms with E-state index in [4.69, 9.17) is 0 Å². The standard InChI is InChI=1S/C16H25N3O2S/c1-12(20)18-7-9-19(10-8-18)15(21)6-5-14-17-13(11-22-14)16(2,3)4/h11H,5-10H2,1-4H3. The van der Waals surface area contributed by atoms with E-state index >= 15 is 0 Å². The molecule has 22 heavy (non-hydrogen) atoms. The number of carbonyl (C=O) groups excluding carboxylic acids is 2. The van der Waals surface area contributed by atoms with Gasteiger partial charge in [0.2, 0.25) is 11.8 Å². The van der Waals surface area contributed by atoms with Crippen molar-refractivity contribution in [1.82, 2.24) is 14.8 Å². The molecule has 0 aromatic carbocycles. The number of hydrogen-bond donors (Lipinski definition) is 0. The minimum absolute atomic E-state index is 0.0573. The van der Waals surface area contributed by atoms with Crippen LogP contribution in [-0.4, -0.2) is 52.8 Å². The first-order valence-electron chi connectivity index (χ1n) is 7.75. The monoisotopic (exact) mass is 323 g/mol. The molecule has 2 rings (SSSR count). The van der Waals surface area contributed by atoms with Crippen molar-refractivity contribution in [1.29, 1.82) is 0 Å². The van der Waals surface area contributed by atoms with Gasteiger partial charge in [0.1, 0.15) is 0 Å². The first kappa shape index (κ1) is 16.9. The SMILES string of the molecule is CC(=O)N1CCN(C(=O)CCc2nc(C(C)(C)C)cs2)CC1. The molecular weight excluding hydrogens is 298 g/mol. The molecule has 0 bridgehead atoms. The lowest BCUT2D eigenvalue weighted by atomic mass is 9.93. The molecule has 0 aliphatic carbocycles. The average Bonchev–Trinajstić information content (AvgIpc) is 2.94. The Morgan fingerprint density at radius 3 is 2.27 bits per heavy atom. The van der Waals surface area contributed by atoms with Crippen LogP contribution in [0, 0.1) is 0 Å². The molecule has 1 fully saturated rings. The third-order valence-corrected chi connectivity index (χ3v) is 4.86. The Morgan fingerprint density at radius 1 is 1.18 bits per heavy atom. The van der Waals surface area contributed by atoms with E-state index in [-0.39, 0.29) is 17.2 Å². The number of rotatable bonds is 3. The molecule has 6 heteroatoms. The van der Waals surface area contributed by atoms with Crippen LogP contribution in [0.1, 0.15) is 44.8 Å². The topological polar surface area (TPSA) is 53.5 Å². The second-order valence-corrected chi connectivity index (χ2v) is 7.71.